The van der Waals surface area contributed by atoms with Gasteiger partial charge in [0.1, 0.15) is 5.78 Å². The van der Waals surface area contributed by atoms with Crippen LogP contribution in [0.3, 0.4) is 0 Å². The van der Waals surface area contributed by atoms with E-state index in [-0.39, 0.29) is 28.1 Å². The van der Waals surface area contributed by atoms with Crippen LogP contribution in [-0.2, 0) is 4.79 Å². The summed E-state index contributed by atoms with van der Waals surface area (Å²) in [5, 5.41) is 10.3. The summed E-state index contributed by atoms with van der Waals surface area (Å²) in [6.45, 7) is 6.61. The van der Waals surface area contributed by atoms with Crippen molar-refractivity contribution in [3.8, 4) is 0 Å². The maximum absolute atomic E-state index is 12.3. The molecule has 0 aromatic rings. The fourth-order valence-electron chi connectivity index (χ4n) is 7.39. The molecule has 0 heterocycles. The van der Waals surface area contributed by atoms with Crippen molar-refractivity contribution in [2.24, 2.45) is 34.5 Å². The third-order valence-electron chi connectivity index (χ3n) is 8.54. The van der Waals surface area contributed by atoms with Crippen LogP contribution >= 0.6 is 12.6 Å². The molecule has 0 aromatic heterocycles. The van der Waals surface area contributed by atoms with Crippen LogP contribution in [0.2, 0.25) is 0 Å². The van der Waals surface area contributed by atoms with Gasteiger partial charge in [-0.25, -0.2) is 0 Å². The molecule has 134 valence electrons. The first-order valence-electron chi connectivity index (χ1n) is 9.83. The van der Waals surface area contributed by atoms with Crippen molar-refractivity contribution in [2.45, 2.75) is 77.1 Å². The number of carbonyl (C=O) groups excluding carboxylic acids is 1. The van der Waals surface area contributed by atoms with E-state index >= 15 is 0 Å². The Morgan fingerprint density at radius 3 is 2.71 bits per heavy atom. The Labute approximate surface area is 151 Å². The van der Waals surface area contributed by atoms with Crippen LogP contribution in [0.5, 0.6) is 0 Å². The quantitative estimate of drug-likeness (QED) is 0.543. The van der Waals surface area contributed by atoms with Crippen LogP contribution < -0.4 is 0 Å². The van der Waals surface area contributed by atoms with E-state index in [0.717, 1.165) is 38.0 Å². The van der Waals surface area contributed by atoms with Crippen molar-refractivity contribution in [1.82, 2.24) is 0 Å². The molecule has 0 unspecified atom stereocenters. The highest BCUT2D eigenvalue weighted by Crippen LogP contribution is 2.66. The zero-order valence-electron chi connectivity index (χ0n) is 15.3. The largest absolute Gasteiger partial charge is 0.393 e. The van der Waals surface area contributed by atoms with Crippen molar-refractivity contribution in [2.75, 3.05) is 0 Å². The predicted octanol–water partition coefficient (Wildman–Crippen LogP) is 4.42. The van der Waals surface area contributed by atoms with Crippen molar-refractivity contribution in [3.63, 3.8) is 0 Å². The molecule has 0 radical (unpaired) electrons. The van der Waals surface area contributed by atoms with Gasteiger partial charge < -0.3 is 5.11 Å². The molecule has 3 heteroatoms. The van der Waals surface area contributed by atoms with Crippen molar-refractivity contribution in [1.29, 1.82) is 0 Å². The average Bonchev–Trinajstić information content (AvgIpc) is 2.78. The number of ketones is 1. The number of rotatable bonds is 1. The summed E-state index contributed by atoms with van der Waals surface area (Å²) in [6, 6.07) is 0. The van der Waals surface area contributed by atoms with Crippen LogP contribution in [0.4, 0.5) is 0 Å². The lowest BCUT2D eigenvalue weighted by Gasteiger charge is -2.57. The molecule has 3 fully saturated rings. The number of hydrogen-bond donors (Lipinski definition) is 2. The summed E-state index contributed by atoms with van der Waals surface area (Å²) >= 11 is 4.85. The molecule has 4 aliphatic rings. The Kier molecular flexibility index (Phi) is 4.01. The van der Waals surface area contributed by atoms with E-state index in [1.807, 2.05) is 0 Å². The summed E-state index contributed by atoms with van der Waals surface area (Å²) in [4.78, 5) is 12.3. The number of hydrogen-bond acceptors (Lipinski definition) is 3. The van der Waals surface area contributed by atoms with Gasteiger partial charge in [-0.2, -0.15) is 12.6 Å². The smallest absolute Gasteiger partial charge is 0.134 e. The second-order valence-electron chi connectivity index (χ2n) is 9.59. The number of Topliss-reactive ketones (excluding diaryl/α,β-unsaturated/α-hetero) is 1. The molecular weight excluding hydrogens is 316 g/mol. The standard InChI is InChI=1S/C21H32O2S/c1-12(22)19-18(24)11-17-15-5-4-13-10-14(23)6-8-20(13,2)16(15)7-9-21(17,19)3/h4,14-19,23-24H,5-11H2,1-3H3/t14-,15-,16+,17+,18+,19+,20+,21+/m1/s1. The van der Waals surface area contributed by atoms with Crippen molar-refractivity contribution < 1.29 is 9.90 Å². The van der Waals surface area contributed by atoms with Crippen LogP contribution in [-0.4, -0.2) is 22.2 Å². The third kappa shape index (κ3) is 2.23. The number of thiol groups is 1. The van der Waals surface area contributed by atoms with Crippen molar-refractivity contribution in [3.05, 3.63) is 11.6 Å². The van der Waals surface area contributed by atoms with Gasteiger partial charge >= 0.3 is 0 Å². The topological polar surface area (TPSA) is 37.3 Å². The number of carbonyl (C=O) groups is 1. The van der Waals surface area contributed by atoms with Gasteiger partial charge in [-0.05, 0) is 80.5 Å². The molecule has 24 heavy (non-hydrogen) atoms. The first-order chi connectivity index (χ1) is 11.3. The minimum atomic E-state index is -0.134. The molecule has 4 aliphatic carbocycles. The van der Waals surface area contributed by atoms with Gasteiger partial charge in [-0.1, -0.05) is 25.5 Å². The average molecular weight is 349 g/mol. The van der Waals surface area contributed by atoms with Gasteiger partial charge in [-0.15, -0.1) is 0 Å². The fourth-order valence-corrected chi connectivity index (χ4v) is 8.17. The molecular formula is C21H32O2S. The lowest BCUT2D eigenvalue weighted by molar-refractivity contribution is -0.127. The fraction of sp³-hybridized carbons (Fsp3) is 0.857. The molecule has 0 amide bonds. The molecule has 0 aliphatic heterocycles. The number of aliphatic hydroxyl groups is 1. The predicted molar refractivity (Wildman–Crippen MR) is 100 cm³/mol. The molecule has 2 nitrogen and oxygen atoms in total. The van der Waals surface area contributed by atoms with E-state index in [9.17, 15) is 9.90 Å². The number of aliphatic hydroxyl groups excluding tert-OH is 1. The van der Waals surface area contributed by atoms with E-state index in [4.69, 9.17) is 12.6 Å². The van der Waals surface area contributed by atoms with E-state index < -0.39 is 0 Å². The zero-order chi connectivity index (χ0) is 17.3. The summed E-state index contributed by atoms with van der Waals surface area (Å²) in [5.74, 6) is 2.55. The van der Waals surface area contributed by atoms with Gasteiger partial charge in [0.05, 0.1) is 6.10 Å². The maximum Gasteiger partial charge on any atom is 0.134 e. The van der Waals surface area contributed by atoms with Crippen LogP contribution in [0.25, 0.3) is 0 Å². The molecule has 8 atom stereocenters. The SMILES string of the molecule is CC(=O)[C@H]1[C@@H](S)C[C@H]2[C@@H]3CC=C4C[C@H](O)CC[C@]4(C)[C@H]3CC[C@@]21C. The highest BCUT2D eigenvalue weighted by Gasteiger charge is 2.61. The number of allylic oxidation sites excluding steroid dienone is 1. The molecule has 0 spiro atoms. The van der Waals surface area contributed by atoms with Gasteiger partial charge in [0, 0.05) is 11.2 Å². The van der Waals surface area contributed by atoms with Crippen LogP contribution in [0.1, 0.15) is 65.7 Å². The Hall–Kier alpha value is -0.280. The Balaban J connectivity index is 1.68. The minimum absolute atomic E-state index is 0.134. The first-order valence-corrected chi connectivity index (χ1v) is 10.3. The Bertz CT molecular complexity index is 584. The van der Waals surface area contributed by atoms with Gasteiger partial charge in [0.15, 0.2) is 0 Å². The molecule has 0 aromatic carbocycles. The molecule has 1 N–H and O–H groups in total. The minimum Gasteiger partial charge on any atom is -0.393 e. The van der Waals surface area contributed by atoms with E-state index in [0.29, 0.717) is 17.6 Å². The molecule has 0 bridgehead atoms. The molecule has 3 saturated carbocycles. The second kappa shape index (κ2) is 5.61. The zero-order valence-corrected chi connectivity index (χ0v) is 16.2. The molecule has 0 saturated heterocycles. The third-order valence-corrected chi connectivity index (χ3v) is 9.05. The normalized spacial score (nSPS) is 53.6. The molecule has 4 rings (SSSR count). The van der Waals surface area contributed by atoms with Crippen molar-refractivity contribution >= 4 is 18.4 Å². The van der Waals surface area contributed by atoms with E-state index in [1.165, 1.54) is 18.4 Å². The van der Waals surface area contributed by atoms with Gasteiger partial charge in [0.25, 0.3) is 0 Å². The lowest BCUT2D eigenvalue weighted by Crippen LogP contribution is -2.51. The summed E-state index contributed by atoms with van der Waals surface area (Å²) < 4.78 is 0. The second-order valence-corrected chi connectivity index (χ2v) is 10.3. The highest BCUT2D eigenvalue weighted by molar-refractivity contribution is 7.81. The summed E-state index contributed by atoms with van der Waals surface area (Å²) in [5.41, 5.74) is 1.95. The summed E-state index contributed by atoms with van der Waals surface area (Å²) in [6.07, 6.45) is 9.95. The number of fused-ring (bicyclic) bond motifs is 5. The van der Waals surface area contributed by atoms with Gasteiger partial charge in [-0.3, -0.25) is 4.79 Å². The maximum atomic E-state index is 12.3. The lowest BCUT2D eigenvalue weighted by atomic mass is 9.47. The van der Waals surface area contributed by atoms with Gasteiger partial charge in [0.2, 0.25) is 0 Å². The first kappa shape index (κ1) is 17.1. The Morgan fingerprint density at radius 2 is 2.00 bits per heavy atom. The summed E-state index contributed by atoms with van der Waals surface area (Å²) in [7, 11) is 0. The van der Waals surface area contributed by atoms with E-state index in [2.05, 4.69) is 19.9 Å². The Morgan fingerprint density at radius 1 is 1.25 bits per heavy atom. The van der Waals surface area contributed by atoms with Crippen LogP contribution in [0.15, 0.2) is 11.6 Å². The monoisotopic (exact) mass is 348 g/mol. The van der Waals surface area contributed by atoms with E-state index in [1.54, 1.807) is 6.92 Å². The highest BCUT2D eigenvalue weighted by atomic mass is 32.1. The van der Waals surface area contributed by atoms with Crippen LogP contribution in [0, 0.1) is 34.5 Å².